The number of piperidine rings is 1. The smallest absolute Gasteiger partial charge is 0.317 e. The molecule has 23 heavy (non-hydrogen) atoms. The number of nitrogens with one attached hydrogen (secondary N) is 1. The molecule has 1 aliphatic rings. The van der Waals surface area contributed by atoms with Crippen LogP contribution in [0.25, 0.3) is 0 Å². The van der Waals surface area contributed by atoms with Crippen LogP contribution in [0.3, 0.4) is 0 Å². The molecule has 1 N–H and O–H groups in total. The Morgan fingerprint density at radius 3 is 1.83 bits per heavy atom. The molecular formula is C15H18F6N2. The zero-order valence-electron chi connectivity index (χ0n) is 12.6. The van der Waals surface area contributed by atoms with Crippen molar-refractivity contribution < 1.29 is 26.3 Å². The minimum absolute atomic E-state index is 0.0371. The molecule has 0 aromatic heterocycles. The van der Waals surface area contributed by atoms with Crippen LogP contribution in [-0.2, 0) is 18.9 Å². The van der Waals surface area contributed by atoms with E-state index in [4.69, 9.17) is 0 Å². The lowest BCUT2D eigenvalue weighted by Gasteiger charge is -2.32. The number of benzene rings is 1. The summed E-state index contributed by atoms with van der Waals surface area (Å²) >= 11 is 0. The van der Waals surface area contributed by atoms with Crippen molar-refractivity contribution in [3.05, 3.63) is 34.9 Å². The van der Waals surface area contributed by atoms with Gasteiger partial charge in [0.25, 0.3) is 0 Å². The molecule has 8 heteroatoms. The molecule has 2 nitrogen and oxygen atoms in total. The minimum Gasteiger partial charge on any atom is -0.317 e. The van der Waals surface area contributed by atoms with E-state index in [0.717, 1.165) is 25.0 Å². The average molecular weight is 340 g/mol. The highest BCUT2D eigenvalue weighted by molar-refractivity contribution is 5.33. The molecule has 0 spiro atoms. The number of rotatable bonds is 3. The maximum Gasteiger partial charge on any atom is 0.416 e. The maximum absolute atomic E-state index is 12.8. The van der Waals surface area contributed by atoms with Gasteiger partial charge in [0.1, 0.15) is 0 Å². The van der Waals surface area contributed by atoms with Crippen LogP contribution in [-0.4, -0.2) is 31.1 Å². The number of hydrogen-bond acceptors (Lipinski definition) is 2. The van der Waals surface area contributed by atoms with Crippen molar-refractivity contribution in [2.24, 2.45) is 0 Å². The summed E-state index contributed by atoms with van der Waals surface area (Å²) in [5, 5.41) is 3.12. The SMILES string of the molecule is CNC1CCN(Cc2cc(C(F)(F)F)cc(C(F)(F)F)c2)CC1. The lowest BCUT2D eigenvalue weighted by Crippen LogP contribution is -2.40. The van der Waals surface area contributed by atoms with Crippen LogP contribution < -0.4 is 5.32 Å². The first-order valence-electron chi connectivity index (χ1n) is 7.27. The first-order valence-corrected chi connectivity index (χ1v) is 7.27. The average Bonchev–Trinajstić information content (AvgIpc) is 2.46. The standard InChI is InChI=1S/C15H18F6N2/c1-22-13-2-4-23(5-3-13)9-10-6-11(14(16,17)18)8-12(7-10)15(19,20)21/h6-8,13,22H,2-5,9H2,1H3. The summed E-state index contributed by atoms with van der Waals surface area (Å²) in [4.78, 5) is 1.88. The molecule has 0 amide bonds. The summed E-state index contributed by atoms with van der Waals surface area (Å²) in [7, 11) is 1.84. The summed E-state index contributed by atoms with van der Waals surface area (Å²) in [6, 6.07) is 2.12. The molecule has 1 aliphatic heterocycles. The van der Waals surface area contributed by atoms with E-state index in [1.165, 1.54) is 0 Å². The molecule has 0 unspecified atom stereocenters. The summed E-state index contributed by atoms with van der Waals surface area (Å²) in [6.45, 7) is 1.37. The molecule has 0 saturated carbocycles. The van der Waals surface area contributed by atoms with E-state index in [-0.39, 0.29) is 18.2 Å². The number of nitrogens with zero attached hydrogens (tertiary/aromatic N) is 1. The van der Waals surface area contributed by atoms with Gasteiger partial charge in [-0.15, -0.1) is 0 Å². The fraction of sp³-hybridized carbons (Fsp3) is 0.600. The van der Waals surface area contributed by atoms with Gasteiger partial charge in [-0.25, -0.2) is 0 Å². The molecule has 0 bridgehead atoms. The van der Waals surface area contributed by atoms with E-state index in [0.29, 0.717) is 19.1 Å². The van der Waals surface area contributed by atoms with Crippen molar-refractivity contribution >= 4 is 0 Å². The van der Waals surface area contributed by atoms with Crippen molar-refractivity contribution in [2.45, 2.75) is 37.8 Å². The Bertz CT molecular complexity index is 497. The van der Waals surface area contributed by atoms with Crippen molar-refractivity contribution in [3.8, 4) is 0 Å². The van der Waals surface area contributed by atoms with Gasteiger partial charge in [-0.2, -0.15) is 26.3 Å². The minimum atomic E-state index is -4.80. The van der Waals surface area contributed by atoms with Crippen LogP contribution in [0.4, 0.5) is 26.3 Å². The van der Waals surface area contributed by atoms with Gasteiger partial charge >= 0.3 is 12.4 Å². The largest absolute Gasteiger partial charge is 0.416 e. The lowest BCUT2D eigenvalue weighted by atomic mass is 10.0. The van der Waals surface area contributed by atoms with Crippen LogP contribution in [0.2, 0.25) is 0 Å². The van der Waals surface area contributed by atoms with Gasteiger partial charge in [0.05, 0.1) is 11.1 Å². The summed E-state index contributed by atoms with van der Waals surface area (Å²) in [5.74, 6) is 0. The van der Waals surface area contributed by atoms with E-state index in [2.05, 4.69) is 5.32 Å². The first-order chi connectivity index (χ1) is 10.6. The molecule has 1 heterocycles. The molecule has 2 rings (SSSR count). The Kier molecular flexibility index (Phi) is 5.25. The number of hydrogen-bond donors (Lipinski definition) is 1. The normalized spacial score (nSPS) is 18.4. The molecule has 0 radical (unpaired) electrons. The fourth-order valence-corrected chi connectivity index (χ4v) is 2.75. The second kappa shape index (κ2) is 6.68. The van der Waals surface area contributed by atoms with Crippen molar-refractivity contribution in [2.75, 3.05) is 20.1 Å². The third kappa shape index (κ3) is 4.84. The summed E-state index contributed by atoms with van der Waals surface area (Å²) in [5.41, 5.74) is -2.48. The maximum atomic E-state index is 12.8. The van der Waals surface area contributed by atoms with Crippen molar-refractivity contribution in [1.82, 2.24) is 10.2 Å². The Hall–Kier alpha value is -1.28. The molecule has 1 aromatic carbocycles. The Labute approximate surface area is 130 Å². The third-order valence-corrected chi connectivity index (χ3v) is 4.05. The molecular weight excluding hydrogens is 322 g/mol. The Morgan fingerprint density at radius 2 is 1.43 bits per heavy atom. The van der Waals surface area contributed by atoms with Gasteiger partial charge in [-0.05, 0) is 56.7 Å². The summed E-state index contributed by atoms with van der Waals surface area (Å²) < 4.78 is 76.9. The Balaban J connectivity index is 2.21. The second-order valence-electron chi connectivity index (χ2n) is 5.75. The van der Waals surface area contributed by atoms with E-state index in [1.54, 1.807) is 0 Å². The lowest BCUT2D eigenvalue weighted by molar-refractivity contribution is -0.143. The van der Waals surface area contributed by atoms with Crippen LogP contribution in [0.5, 0.6) is 0 Å². The van der Waals surface area contributed by atoms with E-state index >= 15 is 0 Å². The van der Waals surface area contributed by atoms with Gasteiger partial charge in [0, 0.05) is 12.6 Å². The highest BCUT2D eigenvalue weighted by atomic mass is 19.4. The molecule has 1 saturated heterocycles. The monoisotopic (exact) mass is 340 g/mol. The predicted octanol–water partition coefficient (Wildman–Crippen LogP) is 3.91. The van der Waals surface area contributed by atoms with Crippen LogP contribution in [0.15, 0.2) is 18.2 Å². The molecule has 1 fully saturated rings. The molecule has 130 valence electrons. The van der Waals surface area contributed by atoms with E-state index < -0.39 is 23.5 Å². The number of likely N-dealkylation sites (tertiary alicyclic amines) is 1. The topological polar surface area (TPSA) is 15.3 Å². The van der Waals surface area contributed by atoms with E-state index in [1.807, 2.05) is 11.9 Å². The highest BCUT2D eigenvalue weighted by Crippen LogP contribution is 2.36. The van der Waals surface area contributed by atoms with Crippen molar-refractivity contribution in [1.29, 1.82) is 0 Å². The predicted molar refractivity (Wildman–Crippen MR) is 73.8 cm³/mol. The zero-order valence-corrected chi connectivity index (χ0v) is 12.6. The second-order valence-corrected chi connectivity index (χ2v) is 5.75. The van der Waals surface area contributed by atoms with Crippen LogP contribution in [0.1, 0.15) is 29.5 Å². The first kappa shape index (κ1) is 18.1. The summed E-state index contributed by atoms with van der Waals surface area (Å²) in [6.07, 6.45) is -7.95. The van der Waals surface area contributed by atoms with Gasteiger partial charge in [-0.3, -0.25) is 4.90 Å². The highest BCUT2D eigenvalue weighted by Gasteiger charge is 2.37. The molecule has 0 aliphatic carbocycles. The quantitative estimate of drug-likeness (QED) is 0.840. The van der Waals surface area contributed by atoms with E-state index in [9.17, 15) is 26.3 Å². The molecule has 1 aromatic rings. The van der Waals surface area contributed by atoms with Crippen LogP contribution >= 0.6 is 0 Å². The Morgan fingerprint density at radius 1 is 0.957 bits per heavy atom. The van der Waals surface area contributed by atoms with Gasteiger partial charge in [0.15, 0.2) is 0 Å². The zero-order chi connectivity index (χ0) is 17.3. The van der Waals surface area contributed by atoms with Gasteiger partial charge in [0.2, 0.25) is 0 Å². The van der Waals surface area contributed by atoms with Crippen molar-refractivity contribution in [3.63, 3.8) is 0 Å². The fourth-order valence-electron chi connectivity index (χ4n) is 2.75. The van der Waals surface area contributed by atoms with Gasteiger partial charge in [-0.1, -0.05) is 0 Å². The van der Waals surface area contributed by atoms with Crippen LogP contribution in [0, 0.1) is 0 Å². The molecule has 0 atom stereocenters. The third-order valence-electron chi connectivity index (χ3n) is 4.05. The van der Waals surface area contributed by atoms with Gasteiger partial charge < -0.3 is 5.32 Å². The number of halogens is 6. The number of alkyl halides is 6.